The molecule has 23 heavy (non-hydrogen) atoms. The van der Waals surface area contributed by atoms with Crippen molar-refractivity contribution in [3.05, 3.63) is 23.8 Å². The average Bonchev–Trinajstić information content (AvgIpc) is 2.53. The lowest BCUT2D eigenvalue weighted by molar-refractivity contribution is 0.0935. The van der Waals surface area contributed by atoms with Crippen molar-refractivity contribution in [2.24, 2.45) is 5.73 Å². The SMILES string of the molecule is CCCCC(CN)NC(=O)c1ccc(OCC)c(OCC)c1.Cl. The fraction of sp³-hybridized carbons (Fsp3) is 0.588. The van der Waals surface area contributed by atoms with Crippen LogP contribution in [-0.4, -0.2) is 31.7 Å². The molecule has 1 atom stereocenters. The lowest BCUT2D eigenvalue weighted by atomic mass is 10.1. The van der Waals surface area contributed by atoms with Crippen molar-refractivity contribution in [1.29, 1.82) is 0 Å². The van der Waals surface area contributed by atoms with E-state index in [-0.39, 0.29) is 24.4 Å². The number of carbonyl (C=O) groups is 1. The highest BCUT2D eigenvalue weighted by molar-refractivity contribution is 5.95. The molecule has 1 amide bonds. The number of halogens is 1. The second kappa shape index (κ2) is 12.0. The van der Waals surface area contributed by atoms with Crippen LogP contribution in [-0.2, 0) is 0 Å². The van der Waals surface area contributed by atoms with Gasteiger partial charge in [-0.1, -0.05) is 19.8 Å². The van der Waals surface area contributed by atoms with Gasteiger partial charge < -0.3 is 20.5 Å². The summed E-state index contributed by atoms with van der Waals surface area (Å²) >= 11 is 0. The van der Waals surface area contributed by atoms with E-state index < -0.39 is 0 Å². The normalized spacial score (nSPS) is 11.3. The van der Waals surface area contributed by atoms with Gasteiger partial charge in [0.1, 0.15) is 0 Å². The van der Waals surface area contributed by atoms with Crippen molar-refractivity contribution in [1.82, 2.24) is 5.32 Å². The molecule has 0 radical (unpaired) electrons. The van der Waals surface area contributed by atoms with Crippen LogP contribution in [0.3, 0.4) is 0 Å². The van der Waals surface area contributed by atoms with E-state index in [0.29, 0.717) is 36.8 Å². The number of hydrogen-bond donors (Lipinski definition) is 2. The van der Waals surface area contributed by atoms with E-state index >= 15 is 0 Å². The predicted octanol–water partition coefficient (Wildman–Crippen LogP) is 3.15. The Balaban J connectivity index is 0.00000484. The van der Waals surface area contributed by atoms with Crippen LogP contribution in [0.25, 0.3) is 0 Å². The van der Waals surface area contributed by atoms with Crippen molar-refractivity contribution in [2.45, 2.75) is 46.1 Å². The number of nitrogens with one attached hydrogen (secondary N) is 1. The van der Waals surface area contributed by atoms with Gasteiger partial charge in [0.15, 0.2) is 11.5 Å². The molecule has 1 aromatic rings. The zero-order chi connectivity index (χ0) is 16.4. The molecule has 0 aliphatic heterocycles. The van der Waals surface area contributed by atoms with Crippen molar-refractivity contribution in [3.63, 3.8) is 0 Å². The van der Waals surface area contributed by atoms with Crippen LogP contribution >= 0.6 is 12.4 Å². The van der Waals surface area contributed by atoms with Crippen molar-refractivity contribution in [2.75, 3.05) is 19.8 Å². The van der Waals surface area contributed by atoms with Gasteiger partial charge in [-0.25, -0.2) is 0 Å². The third kappa shape index (κ3) is 7.10. The lowest BCUT2D eigenvalue weighted by Gasteiger charge is -2.17. The first kappa shape index (κ1) is 21.5. The van der Waals surface area contributed by atoms with Gasteiger partial charge in [-0.15, -0.1) is 12.4 Å². The molecule has 0 spiro atoms. The summed E-state index contributed by atoms with van der Waals surface area (Å²) in [4.78, 5) is 12.3. The van der Waals surface area contributed by atoms with Gasteiger partial charge in [-0.2, -0.15) is 0 Å². The van der Waals surface area contributed by atoms with Gasteiger partial charge in [0.2, 0.25) is 0 Å². The summed E-state index contributed by atoms with van der Waals surface area (Å²) in [5, 5.41) is 2.98. The molecular formula is C17H29ClN2O3. The molecule has 5 nitrogen and oxygen atoms in total. The molecule has 0 saturated heterocycles. The van der Waals surface area contributed by atoms with Gasteiger partial charge in [-0.05, 0) is 38.5 Å². The first-order chi connectivity index (χ1) is 10.7. The molecule has 0 aliphatic carbocycles. The minimum atomic E-state index is -0.129. The van der Waals surface area contributed by atoms with Gasteiger partial charge >= 0.3 is 0 Å². The molecule has 0 aliphatic rings. The van der Waals surface area contributed by atoms with Crippen molar-refractivity contribution in [3.8, 4) is 11.5 Å². The molecule has 1 unspecified atom stereocenters. The van der Waals surface area contributed by atoms with Gasteiger partial charge in [0.25, 0.3) is 5.91 Å². The summed E-state index contributed by atoms with van der Waals surface area (Å²) in [7, 11) is 0. The summed E-state index contributed by atoms with van der Waals surface area (Å²) in [6.07, 6.45) is 3.04. The minimum Gasteiger partial charge on any atom is -0.490 e. The van der Waals surface area contributed by atoms with E-state index in [1.54, 1.807) is 18.2 Å². The Hall–Kier alpha value is -1.46. The fourth-order valence-corrected chi connectivity index (χ4v) is 2.16. The van der Waals surface area contributed by atoms with E-state index in [2.05, 4.69) is 12.2 Å². The molecule has 6 heteroatoms. The Bertz CT molecular complexity index is 469. The minimum absolute atomic E-state index is 0. The number of nitrogens with two attached hydrogens (primary N) is 1. The summed E-state index contributed by atoms with van der Waals surface area (Å²) in [6, 6.07) is 5.25. The van der Waals surface area contributed by atoms with Crippen LogP contribution < -0.4 is 20.5 Å². The summed E-state index contributed by atoms with van der Waals surface area (Å²) in [5.74, 6) is 1.12. The molecule has 1 aromatic carbocycles. The van der Waals surface area contributed by atoms with E-state index in [4.69, 9.17) is 15.2 Å². The molecule has 3 N–H and O–H groups in total. The highest BCUT2D eigenvalue weighted by atomic mass is 35.5. The maximum atomic E-state index is 12.3. The highest BCUT2D eigenvalue weighted by Crippen LogP contribution is 2.28. The van der Waals surface area contributed by atoms with Crippen LogP contribution in [0.2, 0.25) is 0 Å². The highest BCUT2D eigenvalue weighted by Gasteiger charge is 2.15. The summed E-state index contributed by atoms with van der Waals surface area (Å²) in [6.45, 7) is 7.45. The molecule has 1 rings (SSSR count). The van der Waals surface area contributed by atoms with E-state index in [0.717, 1.165) is 19.3 Å². The molecule has 132 valence electrons. The quantitative estimate of drug-likeness (QED) is 0.683. The fourth-order valence-electron chi connectivity index (χ4n) is 2.16. The Kier molecular flexibility index (Phi) is 11.3. The second-order valence-electron chi connectivity index (χ2n) is 5.08. The molecule has 0 aromatic heterocycles. The Morgan fingerprint density at radius 1 is 1.17 bits per heavy atom. The standard InChI is InChI=1S/C17H28N2O3.ClH/c1-4-7-8-14(12-18)19-17(20)13-9-10-15(21-5-2)16(11-13)22-6-3;/h9-11,14H,4-8,12,18H2,1-3H3,(H,19,20);1H. The molecule has 0 heterocycles. The number of amides is 1. The maximum Gasteiger partial charge on any atom is 0.251 e. The smallest absolute Gasteiger partial charge is 0.251 e. The van der Waals surface area contributed by atoms with E-state index in [9.17, 15) is 4.79 Å². The monoisotopic (exact) mass is 344 g/mol. The van der Waals surface area contributed by atoms with Gasteiger partial charge in [0.05, 0.1) is 13.2 Å². The topological polar surface area (TPSA) is 73.6 Å². The Labute approximate surface area is 145 Å². The van der Waals surface area contributed by atoms with Gasteiger partial charge in [0, 0.05) is 18.2 Å². The van der Waals surface area contributed by atoms with Crippen LogP contribution in [0.5, 0.6) is 11.5 Å². The Morgan fingerprint density at radius 2 is 1.83 bits per heavy atom. The molecule has 0 fully saturated rings. The number of ether oxygens (including phenoxy) is 2. The van der Waals surface area contributed by atoms with Crippen molar-refractivity contribution >= 4 is 18.3 Å². The number of carbonyl (C=O) groups excluding carboxylic acids is 1. The first-order valence-electron chi connectivity index (χ1n) is 8.06. The predicted molar refractivity (Wildman–Crippen MR) is 95.9 cm³/mol. The number of unbranched alkanes of at least 4 members (excludes halogenated alkanes) is 1. The molecule has 0 bridgehead atoms. The maximum absolute atomic E-state index is 12.3. The summed E-state index contributed by atoms with van der Waals surface area (Å²) < 4.78 is 11.0. The Morgan fingerprint density at radius 3 is 2.39 bits per heavy atom. The molecular weight excluding hydrogens is 316 g/mol. The van der Waals surface area contributed by atoms with Gasteiger partial charge in [-0.3, -0.25) is 4.79 Å². The van der Waals surface area contributed by atoms with Crippen molar-refractivity contribution < 1.29 is 14.3 Å². The van der Waals surface area contributed by atoms with E-state index in [1.807, 2.05) is 13.8 Å². The second-order valence-corrected chi connectivity index (χ2v) is 5.08. The number of benzene rings is 1. The van der Waals surface area contributed by atoms with Crippen LogP contribution in [0.4, 0.5) is 0 Å². The third-order valence-corrected chi connectivity index (χ3v) is 3.33. The summed E-state index contributed by atoms with van der Waals surface area (Å²) in [5.41, 5.74) is 6.28. The van der Waals surface area contributed by atoms with E-state index in [1.165, 1.54) is 0 Å². The van der Waals surface area contributed by atoms with Crippen LogP contribution in [0.15, 0.2) is 18.2 Å². The first-order valence-corrected chi connectivity index (χ1v) is 8.06. The van der Waals surface area contributed by atoms with Crippen LogP contribution in [0.1, 0.15) is 50.4 Å². The zero-order valence-corrected chi connectivity index (χ0v) is 15.1. The third-order valence-electron chi connectivity index (χ3n) is 3.33. The largest absolute Gasteiger partial charge is 0.490 e. The van der Waals surface area contributed by atoms with Crippen LogP contribution in [0, 0.1) is 0 Å². The molecule has 0 saturated carbocycles. The zero-order valence-electron chi connectivity index (χ0n) is 14.3. The lowest BCUT2D eigenvalue weighted by Crippen LogP contribution is -2.40. The number of hydrogen-bond acceptors (Lipinski definition) is 4. The average molecular weight is 345 g/mol. The number of rotatable bonds is 10.